The Kier molecular flexibility index (Phi) is 4.93. The zero-order valence-electron chi connectivity index (χ0n) is 11.7. The molecule has 2 atom stereocenters. The normalized spacial score (nSPS) is 20.6. The van der Waals surface area contributed by atoms with Crippen molar-refractivity contribution in [2.24, 2.45) is 11.3 Å². The Bertz CT molecular complexity index is 341. The molecule has 102 valence electrons. The first-order valence-corrected chi connectivity index (χ1v) is 6.38. The van der Waals surface area contributed by atoms with E-state index >= 15 is 0 Å². The molecule has 0 saturated carbocycles. The minimum Gasteiger partial charge on any atom is -0.467 e. The van der Waals surface area contributed by atoms with E-state index in [1.807, 2.05) is 20.8 Å². The van der Waals surface area contributed by atoms with Crippen molar-refractivity contribution in [3.05, 3.63) is 12.2 Å². The molecular weight excluding hydrogens is 230 g/mol. The maximum Gasteiger partial charge on any atom is 0.328 e. The molecule has 4 nitrogen and oxygen atoms in total. The van der Waals surface area contributed by atoms with Crippen molar-refractivity contribution < 1.29 is 14.3 Å². The molecule has 0 saturated heterocycles. The van der Waals surface area contributed by atoms with Gasteiger partial charge in [-0.2, -0.15) is 0 Å². The number of hydrogen-bond donors (Lipinski definition) is 1. The number of esters is 1. The van der Waals surface area contributed by atoms with Gasteiger partial charge < -0.3 is 10.1 Å². The molecule has 0 aromatic carbocycles. The SMILES string of the molecule is COC(=O)[C@H](NC(=O)C[C@@H]1C=CCC1)C(C)(C)C. The maximum absolute atomic E-state index is 11.9. The molecule has 18 heavy (non-hydrogen) atoms. The minimum atomic E-state index is -0.597. The Morgan fingerprint density at radius 2 is 2.11 bits per heavy atom. The van der Waals surface area contributed by atoms with Gasteiger partial charge >= 0.3 is 5.97 Å². The smallest absolute Gasteiger partial charge is 0.328 e. The molecule has 0 aromatic heterocycles. The Morgan fingerprint density at radius 3 is 2.56 bits per heavy atom. The van der Waals surface area contributed by atoms with Crippen LogP contribution in [-0.4, -0.2) is 25.0 Å². The molecule has 0 spiro atoms. The predicted octanol–water partition coefficient (Wildman–Crippen LogP) is 2.05. The Morgan fingerprint density at radius 1 is 1.44 bits per heavy atom. The number of amides is 1. The summed E-state index contributed by atoms with van der Waals surface area (Å²) in [6.45, 7) is 5.72. The van der Waals surface area contributed by atoms with Gasteiger partial charge in [0.15, 0.2) is 0 Å². The Labute approximate surface area is 109 Å². The molecule has 0 radical (unpaired) electrons. The van der Waals surface area contributed by atoms with Crippen LogP contribution in [-0.2, 0) is 14.3 Å². The average Bonchev–Trinajstić information content (AvgIpc) is 2.76. The van der Waals surface area contributed by atoms with Crippen LogP contribution >= 0.6 is 0 Å². The molecule has 0 aromatic rings. The quantitative estimate of drug-likeness (QED) is 0.616. The first kappa shape index (κ1) is 14.7. The molecule has 0 aliphatic heterocycles. The van der Waals surface area contributed by atoms with Gasteiger partial charge in [-0.3, -0.25) is 4.79 Å². The van der Waals surface area contributed by atoms with E-state index in [1.165, 1.54) is 7.11 Å². The van der Waals surface area contributed by atoms with Crippen molar-refractivity contribution in [2.75, 3.05) is 7.11 Å². The highest BCUT2D eigenvalue weighted by molar-refractivity contribution is 5.85. The summed E-state index contributed by atoms with van der Waals surface area (Å²) < 4.78 is 4.74. The number of allylic oxidation sites excluding steroid dienone is 2. The Balaban J connectivity index is 2.57. The average molecular weight is 253 g/mol. The third-order valence-electron chi connectivity index (χ3n) is 3.17. The number of ether oxygens (including phenoxy) is 1. The van der Waals surface area contributed by atoms with Crippen LogP contribution in [0, 0.1) is 11.3 Å². The molecule has 0 unspecified atom stereocenters. The van der Waals surface area contributed by atoms with E-state index in [9.17, 15) is 9.59 Å². The molecule has 0 bridgehead atoms. The molecule has 1 N–H and O–H groups in total. The van der Waals surface area contributed by atoms with Crippen molar-refractivity contribution in [1.82, 2.24) is 5.32 Å². The summed E-state index contributed by atoms with van der Waals surface area (Å²) >= 11 is 0. The van der Waals surface area contributed by atoms with Crippen LogP contribution in [0.4, 0.5) is 0 Å². The van der Waals surface area contributed by atoms with Gasteiger partial charge in [-0.15, -0.1) is 0 Å². The number of carbonyl (C=O) groups excluding carboxylic acids is 2. The van der Waals surface area contributed by atoms with Gasteiger partial charge in [-0.1, -0.05) is 32.9 Å². The van der Waals surface area contributed by atoms with Crippen molar-refractivity contribution in [1.29, 1.82) is 0 Å². The van der Waals surface area contributed by atoms with E-state index in [1.54, 1.807) is 0 Å². The van der Waals surface area contributed by atoms with Crippen LogP contribution in [0.1, 0.15) is 40.0 Å². The molecule has 0 fully saturated rings. The molecule has 1 aliphatic rings. The Hall–Kier alpha value is -1.32. The molecule has 1 amide bonds. The second kappa shape index (κ2) is 6.03. The van der Waals surface area contributed by atoms with E-state index in [0.29, 0.717) is 12.3 Å². The van der Waals surface area contributed by atoms with Crippen molar-refractivity contribution in [3.63, 3.8) is 0 Å². The lowest BCUT2D eigenvalue weighted by molar-refractivity contribution is -0.148. The van der Waals surface area contributed by atoms with Crippen LogP contribution < -0.4 is 5.32 Å². The summed E-state index contributed by atoms with van der Waals surface area (Å²) in [5, 5.41) is 2.79. The van der Waals surface area contributed by atoms with Crippen LogP contribution in [0.25, 0.3) is 0 Å². The van der Waals surface area contributed by atoms with Gasteiger partial charge in [0.05, 0.1) is 7.11 Å². The summed E-state index contributed by atoms with van der Waals surface area (Å²) in [6, 6.07) is -0.597. The lowest BCUT2D eigenvalue weighted by Crippen LogP contribution is -2.49. The van der Waals surface area contributed by atoms with Gasteiger partial charge in [0.2, 0.25) is 5.91 Å². The van der Waals surface area contributed by atoms with E-state index < -0.39 is 12.0 Å². The molecule has 4 heteroatoms. The molecule has 1 aliphatic carbocycles. The van der Waals surface area contributed by atoms with E-state index in [-0.39, 0.29) is 11.3 Å². The van der Waals surface area contributed by atoms with Crippen LogP contribution in [0.15, 0.2) is 12.2 Å². The van der Waals surface area contributed by atoms with Crippen molar-refractivity contribution in [2.45, 2.75) is 46.1 Å². The summed E-state index contributed by atoms with van der Waals surface area (Å²) in [6.07, 6.45) is 6.67. The van der Waals surface area contributed by atoms with E-state index in [0.717, 1.165) is 12.8 Å². The van der Waals surface area contributed by atoms with Crippen LogP contribution in [0.5, 0.6) is 0 Å². The summed E-state index contributed by atoms with van der Waals surface area (Å²) in [4.78, 5) is 23.6. The highest BCUT2D eigenvalue weighted by atomic mass is 16.5. The van der Waals surface area contributed by atoms with Gasteiger partial charge in [-0.25, -0.2) is 4.79 Å². The van der Waals surface area contributed by atoms with E-state index in [4.69, 9.17) is 4.74 Å². The fraction of sp³-hybridized carbons (Fsp3) is 0.714. The number of rotatable bonds is 4. The van der Waals surface area contributed by atoms with E-state index in [2.05, 4.69) is 17.5 Å². The summed E-state index contributed by atoms with van der Waals surface area (Å²) in [5.74, 6) is -0.169. The molecule has 0 heterocycles. The summed E-state index contributed by atoms with van der Waals surface area (Å²) in [7, 11) is 1.34. The second-order valence-corrected chi connectivity index (χ2v) is 5.86. The number of carbonyl (C=O) groups is 2. The standard InChI is InChI=1S/C14H23NO3/c1-14(2,3)12(13(17)18-4)15-11(16)9-10-7-5-6-8-10/h5,7,10,12H,6,8-9H2,1-4H3,(H,15,16)/t10-,12+/m1/s1. The highest BCUT2D eigenvalue weighted by Crippen LogP contribution is 2.23. The van der Waals surface area contributed by atoms with Gasteiger partial charge in [0.25, 0.3) is 0 Å². The van der Waals surface area contributed by atoms with Crippen molar-refractivity contribution in [3.8, 4) is 0 Å². The topological polar surface area (TPSA) is 55.4 Å². The number of methoxy groups -OCH3 is 1. The van der Waals surface area contributed by atoms with Gasteiger partial charge in [0.1, 0.15) is 6.04 Å². The minimum absolute atomic E-state index is 0.0862. The summed E-state index contributed by atoms with van der Waals surface area (Å²) in [5.41, 5.74) is -0.353. The van der Waals surface area contributed by atoms with Crippen LogP contribution in [0.2, 0.25) is 0 Å². The lowest BCUT2D eigenvalue weighted by Gasteiger charge is -2.29. The fourth-order valence-corrected chi connectivity index (χ4v) is 2.07. The third kappa shape index (κ3) is 4.17. The third-order valence-corrected chi connectivity index (χ3v) is 3.17. The largest absolute Gasteiger partial charge is 0.467 e. The monoisotopic (exact) mass is 253 g/mol. The second-order valence-electron chi connectivity index (χ2n) is 5.86. The fourth-order valence-electron chi connectivity index (χ4n) is 2.07. The van der Waals surface area contributed by atoms with Crippen LogP contribution in [0.3, 0.4) is 0 Å². The van der Waals surface area contributed by atoms with Gasteiger partial charge in [0, 0.05) is 6.42 Å². The first-order valence-electron chi connectivity index (χ1n) is 6.38. The van der Waals surface area contributed by atoms with Crippen molar-refractivity contribution >= 4 is 11.9 Å². The highest BCUT2D eigenvalue weighted by Gasteiger charge is 2.33. The lowest BCUT2D eigenvalue weighted by atomic mass is 9.86. The number of hydrogen-bond acceptors (Lipinski definition) is 3. The number of nitrogens with one attached hydrogen (secondary N) is 1. The van der Waals surface area contributed by atoms with Gasteiger partial charge in [-0.05, 0) is 24.2 Å². The zero-order valence-corrected chi connectivity index (χ0v) is 11.7. The molecule has 1 rings (SSSR count). The maximum atomic E-state index is 11.9. The predicted molar refractivity (Wildman–Crippen MR) is 69.9 cm³/mol. The molecular formula is C14H23NO3. The zero-order chi connectivity index (χ0) is 13.8. The first-order chi connectivity index (χ1) is 8.34.